The number of halogens is 2. The van der Waals surface area contributed by atoms with Gasteiger partial charge in [0.05, 0.1) is 19.8 Å². The van der Waals surface area contributed by atoms with Crippen LogP contribution in [0.2, 0.25) is 0 Å². The molecule has 8 heteroatoms. The van der Waals surface area contributed by atoms with E-state index in [0.717, 1.165) is 36.5 Å². The maximum Gasteiger partial charge on any atom is 0.191 e. The fourth-order valence-corrected chi connectivity index (χ4v) is 2.94. The summed E-state index contributed by atoms with van der Waals surface area (Å²) in [4.78, 5) is 5.81. The molecule has 0 amide bonds. The zero-order chi connectivity index (χ0) is 15.3. The Bertz CT molecular complexity index is 419. The van der Waals surface area contributed by atoms with E-state index in [1.165, 1.54) is 4.88 Å². The summed E-state index contributed by atoms with van der Waals surface area (Å²) in [6.45, 7) is 6.47. The lowest BCUT2D eigenvalue weighted by molar-refractivity contribution is 0.0698. The van der Waals surface area contributed by atoms with Crippen LogP contribution in [-0.4, -0.2) is 46.0 Å². The average molecular weight is 506 g/mol. The number of thiophene rings is 1. The molecule has 0 spiro atoms. The third-order valence-corrected chi connectivity index (χ3v) is 4.23. The van der Waals surface area contributed by atoms with Gasteiger partial charge in [0.2, 0.25) is 0 Å². The van der Waals surface area contributed by atoms with Crippen molar-refractivity contribution >= 4 is 57.2 Å². The molecule has 0 aliphatic heterocycles. The fourth-order valence-electron chi connectivity index (χ4n) is 1.56. The van der Waals surface area contributed by atoms with Gasteiger partial charge in [-0.1, -0.05) is 0 Å². The second kappa shape index (κ2) is 14.7. The van der Waals surface area contributed by atoms with Gasteiger partial charge in [-0.15, -0.1) is 35.3 Å². The van der Waals surface area contributed by atoms with Gasteiger partial charge >= 0.3 is 0 Å². The van der Waals surface area contributed by atoms with E-state index in [1.807, 2.05) is 0 Å². The molecule has 2 N–H and O–H groups in total. The summed E-state index contributed by atoms with van der Waals surface area (Å²) < 4.78 is 11.5. The van der Waals surface area contributed by atoms with E-state index in [9.17, 15) is 0 Å². The van der Waals surface area contributed by atoms with E-state index < -0.39 is 0 Å². The van der Waals surface area contributed by atoms with Gasteiger partial charge in [0.25, 0.3) is 0 Å². The summed E-state index contributed by atoms with van der Waals surface area (Å²) >= 11 is 5.16. The molecular formula is C14H25BrIN3O2S. The molecule has 1 heterocycles. The Hall–Kier alpha value is 0.1000. The van der Waals surface area contributed by atoms with Crippen LogP contribution in [0.1, 0.15) is 18.2 Å². The summed E-state index contributed by atoms with van der Waals surface area (Å²) in [6, 6.07) is 2.10. The number of rotatable bonds is 10. The Labute approximate surface area is 162 Å². The lowest BCUT2D eigenvalue weighted by Gasteiger charge is -2.11. The molecule has 0 saturated heterocycles. The number of guanidine groups is 1. The standard InChI is InChI=1S/C14H24BrN3O2S.HI/c1-3-16-14(17-5-4-6-20-8-7-19-2)18-10-13-9-12(15)11-21-13;/h9,11H,3-8,10H2,1-2H3,(H2,16,17,18);1H. The van der Waals surface area contributed by atoms with E-state index in [-0.39, 0.29) is 24.0 Å². The Morgan fingerprint density at radius 1 is 1.32 bits per heavy atom. The Morgan fingerprint density at radius 2 is 2.14 bits per heavy atom. The first-order valence-corrected chi connectivity index (χ1v) is 8.75. The summed E-state index contributed by atoms with van der Waals surface area (Å²) in [6.07, 6.45) is 0.943. The predicted octanol–water partition coefficient (Wildman–Crippen LogP) is 3.24. The van der Waals surface area contributed by atoms with Gasteiger partial charge in [-0.2, -0.15) is 0 Å². The summed E-state index contributed by atoms with van der Waals surface area (Å²) in [5.41, 5.74) is 0. The second-order valence-electron chi connectivity index (χ2n) is 4.31. The van der Waals surface area contributed by atoms with Crippen molar-refractivity contribution in [2.75, 3.05) is 40.0 Å². The highest BCUT2D eigenvalue weighted by Crippen LogP contribution is 2.20. The van der Waals surface area contributed by atoms with Gasteiger partial charge in [-0.05, 0) is 35.3 Å². The molecule has 128 valence electrons. The molecule has 0 unspecified atom stereocenters. The first-order valence-electron chi connectivity index (χ1n) is 7.08. The van der Waals surface area contributed by atoms with Crippen molar-refractivity contribution in [2.45, 2.75) is 19.9 Å². The largest absolute Gasteiger partial charge is 0.382 e. The predicted molar refractivity (Wildman–Crippen MR) is 108 cm³/mol. The molecule has 22 heavy (non-hydrogen) atoms. The van der Waals surface area contributed by atoms with Gasteiger partial charge in [0.15, 0.2) is 5.96 Å². The van der Waals surface area contributed by atoms with Crippen molar-refractivity contribution < 1.29 is 9.47 Å². The number of hydrogen-bond acceptors (Lipinski definition) is 4. The lowest BCUT2D eigenvalue weighted by atomic mass is 10.4. The van der Waals surface area contributed by atoms with Crippen molar-refractivity contribution in [1.29, 1.82) is 0 Å². The highest BCUT2D eigenvalue weighted by atomic mass is 127. The first-order chi connectivity index (χ1) is 10.3. The van der Waals surface area contributed by atoms with E-state index in [1.54, 1.807) is 18.4 Å². The number of aliphatic imine (C=N–C) groups is 1. The molecule has 1 aromatic rings. The fraction of sp³-hybridized carbons (Fsp3) is 0.643. The Balaban J connectivity index is 0.00000441. The maximum absolute atomic E-state index is 5.42. The minimum absolute atomic E-state index is 0. The first kappa shape index (κ1) is 22.1. The van der Waals surface area contributed by atoms with Crippen LogP contribution in [0, 0.1) is 0 Å². The lowest BCUT2D eigenvalue weighted by Crippen LogP contribution is -2.38. The van der Waals surface area contributed by atoms with Crippen molar-refractivity contribution in [1.82, 2.24) is 10.6 Å². The van der Waals surface area contributed by atoms with Crippen molar-refractivity contribution in [3.8, 4) is 0 Å². The molecule has 0 aromatic carbocycles. The zero-order valence-corrected chi connectivity index (χ0v) is 17.8. The normalized spacial score (nSPS) is 11.1. The molecule has 0 bridgehead atoms. The quantitative estimate of drug-likeness (QED) is 0.222. The monoisotopic (exact) mass is 505 g/mol. The van der Waals surface area contributed by atoms with E-state index in [4.69, 9.17) is 9.47 Å². The van der Waals surface area contributed by atoms with E-state index in [2.05, 4.69) is 49.9 Å². The summed E-state index contributed by atoms with van der Waals surface area (Å²) in [5.74, 6) is 0.846. The second-order valence-corrected chi connectivity index (χ2v) is 6.22. The minimum atomic E-state index is 0. The molecule has 0 atom stereocenters. The SMILES string of the molecule is CCNC(=NCc1cc(Br)cs1)NCCCOCCOC.I. The molecule has 5 nitrogen and oxygen atoms in total. The van der Waals surface area contributed by atoms with Crippen molar-refractivity contribution in [2.24, 2.45) is 4.99 Å². The van der Waals surface area contributed by atoms with Gasteiger partial charge in [-0.3, -0.25) is 0 Å². The minimum Gasteiger partial charge on any atom is -0.382 e. The highest BCUT2D eigenvalue weighted by Gasteiger charge is 1.99. The topological polar surface area (TPSA) is 54.9 Å². The van der Waals surface area contributed by atoms with Gasteiger partial charge < -0.3 is 20.1 Å². The molecular weight excluding hydrogens is 481 g/mol. The third-order valence-electron chi connectivity index (χ3n) is 2.55. The number of methoxy groups -OCH3 is 1. The van der Waals surface area contributed by atoms with E-state index >= 15 is 0 Å². The van der Waals surface area contributed by atoms with Crippen molar-refractivity contribution in [3.05, 3.63) is 20.8 Å². The van der Waals surface area contributed by atoms with Crippen LogP contribution >= 0.6 is 51.2 Å². The number of nitrogens with one attached hydrogen (secondary N) is 2. The molecule has 0 radical (unpaired) electrons. The molecule has 1 rings (SSSR count). The van der Waals surface area contributed by atoms with E-state index in [0.29, 0.717) is 19.8 Å². The molecule has 0 fully saturated rings. The molecule has 0 saturated carbocycles. The Kier molecular flexibility index (Phi) is 14.7. The van der Waals surface area contributed by atoms with Crippen LogP contribution in [0.4, 0.5) is 0 Å². The van der Waals surface area contributed by atoms with Crippen LogP contribution in [0.25, 0.3) is 0 Å². The van der Waals surface area contributed by atoms with Gasteiger partial charge in [0.1, 0.15) is 0 Å². The Morgan fingerprint density at radius 3 is 2.77 bits per heavy atom. The maximum atomic E-state index is 5.42. The van der Waals surface area contributed by atoms with Crippen LogP contribution in [0.5, 0.6) is 0 Å². The molecule has 0 aliphatic carbocycles. The van der Waals surface area contributed by atoms with Gasteiger partial charge in [0, 0.05) is 41.5 Å². The zero-order valence-electron chi connectivity index (χ0n) is 13.1. The number of nitrogens with zero attached hydrogens (tertiary/aromatic N) is 1. The average Bonchev–Trinajstić information content (AvgIpc) is 2.89. The smallest absolute Gasteiger partial charge is 0.191 e. The van der Waals surface area contributed by atoms with Crippen LogP contribution in [0.3, 0.4) is 0 Å². The number of hydrogen-bond donors (Lipinski definition) is 2. The van der Waals surface area contributed by atoms with Crippen LogP contribution in [0.15, 0.2) is 20.9 Å². The molecule has 0 aliphatic rings. The van der Waals surface area contributed by atoms with Crippen molar-refractivity contribution in [3.63, 3.8) is 0 Å². The van der Waals surface area contributed by atoms with Gasteiger partial charge in [-0.25, -0.2) is 4.99 Å². The van der Waals surface area contributed by atoms with Crippen LogP contribution in [-0.2, 0) is 16.0 Å². The van der Waals surface area contributed by atoms with Crippen LogP contribution < -0.4 is 10.6 Å². The summed E-state index contributed by atoms with van der Waals surface area (Å²) in [5, 5.41) is 8.62. The summed E-state index contributed by atoms with van der Waals surface area (Å²) in [7, 11) is 1.68. The highest BCUT2D eigenvalue weighted by molar-refractivity contribution is 14.0. The third kappa shape index (κ3) is 10.8. The molecule has 1 aromatic heterocycles. The number of ether oxygens (including phenoxy) is 2.